The van der Waals surface area contributed by atoms with Gasteiger partial charge >= 0.3 is 5.97 Å². The maximum Gasteiger partial charge on any atom is 0.338 e. The Labute approximate surface area is 233 Å². The van der Waals surface area contributed by atoms with Crippen LogP contribution in [-0.4, -0.2) is 29.3 Å². The molecule has 0 bridgehead atoms. The van der Waals surface area contributed by atoms with Crippen LogP contribution in [0.25, 0.3) is 28.2 Å². The predicted octanol–water partition coefficient (Wildman–Crippen LogP) is 6.68. The minimum Gasteiger partial charge on any atom is -0.462 e. The van der Waals surface area contributed by atoms with Gasteiger partial charge in [-0.25, -0.2) is 10.2 Å². The number of nitrogens with zero attached hydrogens (tertiary/aromatic N) is 2. The van der Waals surface area contributed by atoms with E-state index in [1.165, 1.54) is 0 Å². The fraction of sp³-hybridized carbons (Fsp3) is 0.0882. The van der Waals surface area contributed by atoms with Gasteiger partial charge in [0.25, 0.3) is 0 Å². The molecule has 1 N–H and O–H groups in total. The minimum atomic E-state index is -0.354. The first kappa shape index (κ1) is 26.4. The van der Waals surface area contributed by atoms with Crippen molar-refractivity contribution >= 4 is 18.1 Å². The lowest BCUT2D eigenvalue weighted by molar-refractivity contribution is -0.120. The van der Waals surface area contributed by atoms with Crippen LogP contribution in [0.4, 0.5) is 0 Å². The number of carbonyl (C=O) groups excluding carboxylic acids is 2. The van der Waals surface area contributed by atoms with Crippen molar-refractivity contribution in [3.05, 3.63) is 138 Å². The smallest absolute Gasteiger partial charge is 0.338 e. The third kappa shape index (κ3) is 6.08. The van der Waals surface area contributed by atoms with Gasteiger partial charge in [-0.2, -0.15) is 5.10 Å². The van der Waals surface area contributed by atoms with E-state index in [1.807, 2.05) is 91.0 Å². The molecular weight excluding hydrogens is 498 g/mol. The van der Waals surface area contributed by atoms with Gasteiger partial charge in [-0.05, 0) is 53.9 Å². The Morgan fingerprint density at radius 3 is 2.02 bits per heavy atom. The van der Waals surface area contributed by atoms with Crippen LogP contribution in [0.3, 0.4) is 0 Å². The number of hydrogen-bond acceptors (Lipinski definition) is 4. The van der Waals surface area contributed by atoms with Crippen LogP contribution in [0, 0.1) is 0 Å². The number of nitrogens with one attached hydrogen (secondary N) is 1. The topological polar surface area (TPSA) is 72.7 Å². The quantitative estimate of drug-likeness (QED) is 0.132. The van der Waals surface area contributed by atoms with Crippen molar-refractivity contribution in [1.29, 1.82) is 0 Å². The van der Waals surface area contributed by atoms with E-state index in [-0.39, 0.29) is 18.3 Å². The first-order valence-corrected chi connectivity index (χ1v) is 13.1. The summed E-state index contributed by atoms with van der Waals surface area (Å²) in [6, 6.07) is 39.1. The van der Waals surface area contributed by atoms with Gasteiger partial charge < -0.3 is 9.30 Å². The molecule has 1 aromatic heterocycles. The zero-order valence-electron chi connectivity index (χ0n) is 22.2. The number of hydrazone groups is 1. The number of rotatable bonds is 9. The molecule has 0 saturated carbocycles. The van der Waals surface area contributed by atoms with Gasteiger partial charge in [-0.15, -0.1) is 0 Å². The highest BCUT2D eigenvalue weighted by molar-refractivity contribution is 5.94. The Hall–Kier alpha value is -5.23. The Morgan fingerprint density at radius 2 is 1.40 bits per heavy atom. The molecule has 0 saturated heterocycles. The molecule has 4 aromatic carbocycles. The summed E-state index contributed by atoms with van der Waals surface area (Å²) in [6.07, 6.45) is 1.92. The molecule has 0 spiro atoms. The van der Waals surface area contributed by atoms with Crippen LogP contribution in [0.5, 0.6) is 0 Å². The Balaban J connectivity index is 1.58. The maximum absolute atomic E-state index is 12.5. The predicted molar refractivity (Wildman–Crippen MR) is 158 cm³/mol. The normalized spacial score (nSPS) is 10.9. The van der Waals surface area contributed by atoms with Gasteiger partial charge in [-0.1, -0.05) is 91.0 Å². The SMILES string of the molecule is CCOC(=O)c1ccc(-n2c(-c3ccccc3)cc(/C=N\NC(=O)Cc3ccccc3)c2-c2ccccc2)cc1. The number of hydrogen-bond donors (Lipinski definition) is 1. The Morgan fingerprint density at radius 1 is 0.800 bits per heavy atom. The van der Waals surface area contributed by atoms with Crippen LogP contribution < -0.4 is 5.43 Å². The van der Waals surface area contributed by atoms with E-state index in [2.05, 4.69) is 33.3 Å². The van der Waals surface area contributed by atoms with Crippen molar-refractivity contribution in [3.8, 4) is 28.2 Å². The van der Waals surface area contributed by atoms with Gasteiger partial charge in [0.2, 0.25) is 5.91 Å². The summed E-state index contributed by atoms with van der Waals surface area (Å²) in [5.41, 5.74) is 9.63. The molecular formula is C34H29N3O3. The van der Waals surface area contributed by atoms with Gasteiger partial charge in [0.05, 0.1) is 36.2 Å². The summed E-state index contributed by atoms with van der Waals surface area (Å²) in [7, 11) is 0. The second kappa shape index (κ2) is 12.5. The highest BCUT2D eigenvalue weighted by Gasteiger charge is 2.19. The first-order chi connectivity index (χ1) is 19.6. The van der Waals surface area contributed by atoms with E-state index >= 15 is 0 Å². The van der Waals surface area contributed by atoms with E-state index < -0.39 is 0 Å². The zero-order valence-corrected chi connectivity index (χ0v) is 22.2. The number of carbonyl (C=O) groups is 2. The summed E-state index contributed by atoms with van der Waals surface area (Å²) < 4.78 is 7.31. The molecule has 5 aromatic rings. The van der Waals surface area contributed by atoms with E-state index in [1.54, 1.807) is 25.3 Å². The van der Waals surface area contributed by atoms with Crippen LogP contribution in [0.15, 0.2) is 126 Å². The molecule has 0 aliphatic rings. The zero-order chi connectivity index (χ0) is 27.7. The van der Waals surface area contributed by atoms with E-state index in [4.69, 9.17) is 4.74 Å². The molecule has 5 rings (SSSR count). The summed E-state index contributed by atoms with van der Waals surface area (Å²) >= 11 is 0. The lowest BCUT2D eigenvalue weighted by atomic mass is 10.1. The fourth-order valence-corrected chi connectivity index (χ4v) is 4.57. The van der Waals surface area contributed by atoms with E-state index in [0.29, 0.717) is 12.2 Å². The van der Waals surface area contributed by atoms with Gasteiger partial charge in [0.1, 0.15) is 0 Å². The van der Waals surface area contributed by atoms with Gasteiger partial charge in [0, 0.05) is 11.3 Å². The molecule has 198 valence electrons. The summed E-state index contributed by atoms with van der Waals surface area (Å²) in [4.78, 5) is 24.8. The molecule has 6 heteroatoms. The second-order valence-corrected chi connectivity index (χ2v) is 9.12. The fourth-order valence-electron chi connectivity index (χ4n) is 4.57. The average molecular weight is 528 g/mol. The van der Waals surface area contributed by atoms with Crippen molar-refractivity contribution in [1.82, 2.24) is 9.99 Å². The minimum absolute atomic E-state index is 0.194. The summed E-state index contributed by atoms with van der Waals surface area (Å²) in [6.45, 7) is 2.11. The van der Waals surface area contributed by atoms with Crippen molar-refractivity contribution < 1.29 is 14.3 Å². The second-order valence-electron chi connectivity index (χ2n) is 9.12. The third-order valence-electron chi connectivity index (χ3n) is 6.38. The number of amides is 1. The van der Waals surface area contributed by atoms with Gasteiger partial charge in [0.15, 0.2) is 0 Å². The highest BCUT2D eigenvalue weighted by Crippen LogP contribution is 2.35. The van der Waals surface area contributed by atoms with Crippen molar-refractivity contribution in [3.63, 3.8) is 0 Å². The maximum atomic E-state index is 12.5. The van der Waals surface area contributed by atoms with Crippen LogP contribution in [0.1, 0.15) is 28.4 Å². The lowest BCUT2D eigenvalue weighted by Crippen LogP contribution is -2.19. The molecule has 0 unspecified atom stereocenters. The van der Waals surface area contributed by atoms with Crippen molar-refractivity contribution in [2.75, 3.05) is 6.61 Å². The average Bonchev–Trinajstić information content (AvgIpc) is 3.38. The molecule has 0 aliphatic carbocycles. The monoisotopic (exact) mass is 527 g/mol. The Bertz CT molecular complexity index is 1610. The Kier molecular flexibility index (Phi) is 8.27. The van der Waals surface area contributed by atoms with Crippen LogP contribution in [-0.2, 0) is 16.0 Å². The molecule has 0 aliphatic heterocycles. The molecule has 0 atom stereocenters. The standard InChI is InChI=1S/C34H29N3O3/c1-2-40-34(39)28-18-20-30(21-19-28)37-31(26-14-8-4-9-15-26)23-29(33(37)27-16-10-5-11-17-27)24-35-36-32(38)22-25-12-6-3-7-13-25/h3-21,23-24H,2,22H2,1H3,(H,36,38)/b35-24-. The van der Waals surface area contributed by atoms with Gasteiger partial charge in [-0.3, -0.25) is 4.79 Å². The lowest BCUT2D eigenvalue weighted by Gasteiger charge is -2.15. The molecule has 40 heavy (non-hydrogen) atoms. The number of esters is 1. The number of aromatic nitrogens is 1. The van der Waals surface area contributed by atoms with Crippen molar-refractivity contribution in [2.45, 2.75) is 13.3 Å². The molecule has 1 heterocycles. The van der Waals surface area contributed by atoms with E-state index in [0.717, 1.165) is 39.3 Å². The third-order valence-corrected chi connectivity index (χ3v) is 6.38. The van der Waals surface area contributed by atoms with Crippen LogP contribution in [0.2, 0.25) is 0 Å². The summed E-state index contributed by atoms with van der Waals surface area (Å²) in [5.74, 6) is -0.548. The van der Waals surface area contributed by atoms with Crippen molar-refractivity contribution in [2.24, 2.45) is 5.10 Å². The van der Waals surface area contributed by atoms with Crippen LogP contribution >= 0.6 is 0 Å². The molecule has 6 nitrogen and oxygen atoms in total. The first-order valence-electron chi connectivity index (χ1n) is 13.1. The number of ether oxygens (including phenoxy) is 1. The summed E-state index contributed by atoms with van der Waals surface area (Å²) in [5, 5.41) is 4.32. The molecule has 1 amide bonds. The molecule has 0 radical (unpaired) electrons. The largest absolute Gasteiger partial charge is 0.462 e. The molecule has 0 fully saturated rings. The van der Waals surface area contributed by atoms with E-state index in [9.17, 15) is 9.59 Å². The number of benzene rings is 4. The highest BCUT2D eigenvalue weighted by atomic mass is 16.5.